The van der Waals surface area contributed by atoms with E-state index in [0.717, 1.165) is 27.0 Å². The molecule has 0 radical (unpaired) electrons. The van der Waals surface area contributed by atoms with Crippen LogP contribution in [-0.2, 0) is 0 Å². The molecule has 0 spiro atoms. The molecule has 0 atom stereocenters. The molecule has 0 saturated heterocycles. The molecule has 1 aromatic carbocycles. The number of pyridine rings is 2. The highest BCUT2D eigenvalue weighted by molar-refractivity contribution is 7.17. The number of nitrogen functional groups attached to an aromatic ring is 1. The SMILES string of the molecule is Nc1nccc(-c2cccnc2Oc2ccc(Nc3nnc(-c4ccccc4)c4ccsc34)cn2)n1. The molecule has 36 heavy (non-hydrogen) atoms. The van der Waals surface area contributed by atoms with Crippen LogP contribution in [0.1, 0.15) is 0 Å². The Morgan fingerprint density at radius 1 is 0.833 bits per heavy atom. The summed E-state index contributed by atoms with van der Waals surface area (Å²) in [4.78, 5) is 17.0. The molecule has 0 amide bonds. The monoisotopic (exact) mass is 490 g/mol. The summed E-state index contributed by atoms with van der Waals surface area (Å²) >= 11 is 1.61. The van der Waals surface area contributed by atoms with Crippen molar-refractivity contribution >= 4 is 38.9 Å². The number of nitrogens with zero attached hydrogens (tertiary/aromatic N) is 6. The summed E-state index contributed by atoms with van der Waals surface area (Å²) in [5.74, 6) is 1.60. The highest BCUT2D eigenvalue weighted by Crippen LogP contribution is 2.35. The molecule has 5 aromatic heterocycles. The lowest BCUT2D eigenvalue weighted by Crippen LogP contribution is -1.99. The van der Waals surface area contributed by atoms with Gasteiger partial charge in [-0.1, -0.05) is 30.3 Å². The van der Waals surface area contributed by atoms with Gasteiger partial charge >= 0.3 is 0 Å². The highest BCUT2D eigenvalue weighted by Gasteiger charge is 2.14. The molecule has 5 heterocycles. The first-order valence-corrected chi connectivity index (χ1v) is 11.9. The van der Waals surface area contributed by atoms with Gasteiger partial charge in [0.05, 0.1) is 27.8 Å². The van der Waals surface area contributed by atoms with Crippen LogP contribution >= 0.6 is 11.3 Å². The quantitative estimate of drug-likeness (QED) is 0.301. The topological polar surface area (TPSA) is 125 Å². The zero-order valence-corrected chi connectivity index (χ0v) is 19.6. The molecule has 0 fully saturated rings. The molecule has 6 rings (SSSR count). The van der Waals surface area contributed by atoms with Crippen molar-refractivity contribution in [3.05, 3.63) is 90.7 Å². The van der Waals surface area contributed by atoms with Gasteiger partial charge in [-0.15, -0.1) is 21.5 Å². The Bertz CT molecular complexity index is 1650. The molecular weight excluding hydrogens is 472 g/mol. The van der Waals surface area contributed by atoms with Gasteiger partial charge in [-0.25, -0.2) is 19.9 Å². The van der Waals surface area contributed by atoms with Crippen LogP contribution in [0.15, 0.2) is 90.7 Å². The summed E-state index contributed by atoms with van der Waals surface area (Å²) in [5, 5.41) is 15.3. The number of ether oxygens (including phenoxy) is 1. The molecule has 174 valence electrons. The van der Waals surface area contributed by atoms with E-state index in [9.17, 15) is 0 Å². The second-order valence-electron chi connectivity index (χ2n) is 7.70. The zero-order valence-electron chi connectivity index (χ0n) is 18.7. The zero-order chi connectivity index (χ0) is 24.3. The fraction of sp³-hybridized carbons (Fsp3) is 0. The van der Waals surface area contributed by atoms with Crippen molar-refractivity contribution in [2.45, 2.75) is 0 Å². The largest absolute Gasteiger partial charge is 0.420 e. The van der Waals surface area contributed by atoms with E-state index >= 15 is 0 Å². The van der Waals surface area contributed by atoms with Crippen LogP contribution in [0.3, 0.4) is 0 Å². The van der Waals surface area contributed by atoms with Crippen LogP contribution in [0.4, 0.5) is 17.5 Å². The van der Waals surface area contributed by atoms with E-state index in [1.807, 2.05) is 47.8 Å². The maximum Gasteiger partial charge on any atom is 0.230 e. The van der Waals surface area contributed by atoms with Gasteiger partial charge in [-0.3, -0.25) is 0 Å². The summed E-state index contributed by atoms with van der Waals surface area (Å²) in [7, 11) is 0. The summed E-state index contributed by atoms with van der Waals surface area (Å²) in [6, 6.07) is 21.1. The molecule has 3 N–H and O–H groups in total. The van der Waals surface area contributed by atoms with Gasteiger partial charge in [-0.05, 0) is 35.7 Å². The number of nitrogens with one attached hydrogen (secondary N) is 1. The van der Waals surface area contributed by atoms with Crippen molar-refractivity contribution < 1.29 is 4.74 Å². The third-order valence-corrected chi connectivity index (χ3v) is 6.28. The van der Waals surface area contributed by atoms with Gasteiger partial charge < -0.3 is 15.8 Å². The lowest BCUT2D eigenvalue weighted by atomic mass is 10.1. The number of thiophene rings is 1. The highest BCUT2D eigenvalue weighted by atomic mass is 32.1. The van der Waals surface area contributed by atoms with Gasteiger partial charge in [0.2, 0.25) is 17.7 Å². The molecule has 0 aliphatic rings. The van der Waals surface area contributed by atoms with Crippen molar-refractivity contribution in [1.82, 2.24) is 30.1 Å². The molecule has 0 bridgehead atoms. The Hall–Kier alpha value is -4.96. The third-order valence-electron chi connectivity index (χ3n) is 5.35. The summed E-state index contributed by atoms with van der Waals surface area (Å²) < 4.78 is 6.97. The average molecular weight is 491 g/mol. The first-order chi connectivity index (χ1) is 17.7. The maximum atomic E-state index is 5.95. The number of benzene rings is 1. The van der Waals surface area contributed by atoms with Crippen molar-refractivity contribution in [1.29, 1.82) is 0 Å². The number of nitrogens with two attached hydrogens (primary N) is 1. The molecule has 0 aliphatic carbocycles. The maximum absolute atomic E-state index is 5.95. The Labute approximate surface area is 209 Å². The predicted molar refractivity (Wildman–Crippen MR) is 140 cm³/mol. The second kappa shape index (κ2) is 9.35. The number of anilines is 3. The molecular formula is C26H18N8OS. The Balaban J connectivity index is 1.24. The second-order valence-corrected chi connectivity index (χ2v) is 8.61. The van der Waals surface area contributed by atoms with Crippen molar-refractivity contribution in [2.75, 3.05) is 11.1 Å². The van der Waals surface area contributed by atoms with Crippen molar-refractivity contribution in [3.8, 4) is 34.3 Å². The van der Waals surface area contributed by atoms with Gasteiger partial charge in [0, 0.05) is 29.4 Å². The van der Waals surface area contributed by atoms with Crippen LogP contribution in [0.25, 0.3) is 32.6 Å². The van der Waals surface area contributed by atoms with Crippen LogP contribution in [0.2, 0.25) is 0 Å². The summed E-state index contributed by atoms with van der Waals surface area (Å²) in [5.41, 5.74) is 9.67. The van der Waals surface area contributed by atoms with Crippen LogP contribution < -0.4 is 15.8 Å². The normalized spacial score (nSPS) is 10.9. The van der Waals surface area contributed by atoms with Gasteiger partial charge in [0.15, 0.2) is 5.82 Å². The minimum atomic E-state index is 0.176. The minimum absolute atomic E-state index is 0.176. The fourth-order valence-electron chi connectivity index (χ4n) is 3.71. The number of hydrogen-bond acceptors (Lipinski definition) is 10. The van der Waals surface area contributed by atoms with Gasteiger partial charge in [0.1, 0.15) is 5.69 Å². The molecule has 0 unspecified atom stereocenters. The Morgan fingerprint density at radius 3 is 2.58 bits per heavy atom. The lowest BCUT2D eigenvalue weighted by Gasteiger charge is -2.10. The molecule has 0 aliphatic heterocycles. The van der Waals surface area contributed by atoms with E-state index in [1.165, 1.54) is 0 Å². The van der Waals surface area contributed by atoms with Crippen LogP contribution in [0, 0.1) is 0 Å². The van der Waals surface area contributed by atoms with Gasteiger partial charge in [-0.2, -0.15) is 0 Å². The number of fused-ring (bicyclic) bond motifs is 1. The Morgan fingerprint density at radius 2 is 1.75 bits per heavy atom. The molecule has 0 saturated carbocycles. The first-order valence-electron chi connectivity index (χ1n) is 11.0. The van der Waals surface area contributed by atoms with Gasteiger partial charge in [0.25, 0.3) is 0 Å². The smallest absolute Gasteiger partial charge is 0.230 e. The molecule has 9 nitrogen and oxygen atoms in total. The number of rotatable bonds is 6. The minimum Gasteiger partial charge on any atom is -0.420 e. The Kier molecular flexibility index (Phi) is 5.60. The standard InChI is InChI=1S/C26H18N8OS/c27-26-29-13-10-20(32-26)18-7-4-12-28-25(18)35-21-9-8-17(15-30-21)31-24-23-19(11-14-36-23)22(33-34-24)16-5-2-1-3-6-16/h1-15H,(H,31,34)(H2,27,29,32). The number of aromatic nitrogens is 6. The van der Waals surface area contributed by atoms with Crippen molar-refractivity contribution in [2.24, 2.45) is 0 Å². The lowest BCUT2D eigenvalue weighted by molar-refractivity contribution is 0.446. The summed E-state index contributed by atoms with van der Waals surface area (Å²) in [6.07, 6.45) is 4.91. The average Bonchev–Trinajstić information content (AvgIpc) is 3.41. The van der Waals surface area contributed by atoms with E-state index in [4.69, 9.17) is 10.5 Å². The van der Waals surface area contributed by atoms with E-state index in [2.05, 4.69) is 41.5 Å². The molecule has 10 heteroatoms. The summed E-state index contributed by atoms with van der Waals surface area (Å²) in [6.45, 7) is 0. The third kappa shape index (κ3) is 4.28. The fourth-order valence-corrected chi connectivity index (χ4v) is 4.55. The van der Waals surface area contributed by atoms with E-state index in [0.29, 0.717) is 28.8 Å². The van der Waals surface area contributed by atoms with E-state index in [1.54, 1.807) is 48.1 Å². The van der Waals surface area contributed by atoms with E-state index < -0.39 is 0 Å². The number of hydrogen-bond donors (Lipinski definition) is 2. The molecule has 6 aromatic rings. The predicted octanol–water partition coefficient (Wildman–Crippen LogP) is 5.72. The van der Waals surface area contributed by atoms with Crippen LogP contribution in [0.5, 0.6) is 11.8 Å². The van der Waals surface area contributed by atoms with Crippen molar-refractivity contribution in [3.63, 3.8) is 0 Å². The van der Waals surface area contributed by atoms with Crippen LogP contribution in [-0.4, -0.2) is 30.1 Å². The first kappa shape index (κ1) is 21.6. The van der Waals surface area contributed by atoms with E-state index in [-0.39, 0.29) is 5.95 Å².